The zero-order chi connectivity index (χ0) is 17.8. The van der Waals surface area contributed by atoms with E-state index in [0.29, 0.717) is 26.2 Å². The molecule has 4 N–H and O–H groups in total. The first kappa shape index (κ1) is 17.7. The number of carbonyl (C=O) groups excluding carboxylic acids is 2. The molecule has 0 spiro atoms. The average Bonchev–Trinajstić information content (AvgIpc) is 2.65. The van der Waals surface area contributed by atoms with Gasteiger partial charge in [0.1, 0.15) is 5.56 Å². The minimum atomic E-state index is -0.319. The van der Waals surface area contributed by atoms with Gasteiger partial charge in [-0.3, -0.25) is 14.4 Å². The summed E-state index contributed by atoms with van der Waals surface area (Å²) in [5.74, 6) is -0.575. The van der Waals surface area contributed by atoms with Gasteiger partial charge in [-0.1, -0.05) is 0 Å². The van der Waals surface area contributed by atoms with Gasteiger partial charge in [-0.05, 0) is 50.2 Å². The molecular formula is C18H26N4O3. The largest absolute Gasteiger partial charge is 0.355 e. The van der Waals surface area contributed by atoms with Crippen molar-refractivity contribution in [2.24, 2.45) is 11.7 Å². The van der Waals surface area contributed by atoms with Crippen molar-refractivity contribution in [3.63, 3.8) is 0 Å². The van der Waals surface area contributed by atoms with E-state index in [0.717, 1.165) is 49.8 Å². The molecule has 0 saturated carbocycles. The summed E-state index contributed by atoms with van der Waals surface area (Å²) in [6, 6.07) is 1.76. The predicted molar refractivity (Wildman–Crippen MR) is 94.4 cm³/mol. The van der Waals surface area contributed by atoms with Crippen molar-refractivity contribution in [3.05, 3.63) is 33.2 Å². The molecule has 7 heteroatoms. The van der Waals surface area contributed by atoms with Gasteiger partial charge in [0.2, 0.25) is 5.91 Å². The SMILES string of the molecule is NCCNC(=O)C1CCCN(C(=O)c2cc3c([nH]c2=O)CCCC3)C1. The number of aromatic nitrogens is 1. The zero-order valence-electron chi connectivity index (χ0n) is 14.5. The summed E-state index contributed by atoms with van der Waals surface area (Å²) >= 11 is 0. The highest BCUT2D eigenvalue weighted by molar-refractivity contribution is 5.94. The molecule has 136 valence electrons. The number of pyridine rings is 1. The molecule has 3 rings (SSSR count). The van der Waals surface area contributed by atoms with Crippen LogP contribution in [0.3, 0.4) is 0 Å². The first-order valence-electron chi connectivity index (χ1n) is 9.12. The number of amides is 2. The molecule has 0 bridgehead atoms. The fourth-order valence-corrected chi connectivity index (χ4v) is 3.72. The van der Waals surface area contributed by atoms with Crippen LogP contribution in [-0.2, 0) is 17.6 Å². The van der Waals surface area contributed by atoms with Gasteiger partial charge in [-0.2, -0.15) is 0 Å². The molecule has 1 aromatic heterocycles. The maximum atomic E-state index is 12.8. The number of carbonyl (C=O) groups is 2. The first-order valence-corrected chi connectivity index (χ1v) is 9.12. The third kappa shape index (κ3) is 3.92. The number of aromatic amines is 1. The van der Waals surface area contributed by atoms with Crippen molar-refractivity contribution in [2.45, 2.75) is 38.5 Å². The zero-order valence-corrected chi connectivity index (χ0v) is 14.5. The van der Waals surface area contributed by atoms with Gasteiger partial charge >= 0.3 is 0 Å². The number of likely N-dealkylation sites (tertiary alicyclic amines) is 1. The number of hydrogen-bond acceptors (Lipinski definition) is 4. The smallest absolute Gasteiger partial charge is 0.261 e. The molecule has 2 heterocycles. The lowest BCUT2D eigenvalue weighted by Gasteiger charge is -2.32. The van der Waals surface area contributed by atoms with E-state index >= 15 is 0 Å². The van der Waals surface area contributed by atoms with Crippen molar-refractivity contribution in [1.82, 2.24) is 15.2 Å². The Bertz CT molecular complexity index is 713. The number of rotatable bonds is 4. The van der Waals surface area contributed by atoms with E-state index in [1.54, 1.807) is 11.0 Å². The van der Waals surface area contributed by atoms with Crippen LogP contribution in [0.25, 0.3) is 0 Å². The highest BCUT2D eigenvalue weighted by atomic mass is 16.2. The molecule has 2 amide bonds. The summed E-state index contributed by atoms with van der Waals surface area (Å²) in [5, 5.41) is 2.78. The van der Waals surface area contributed by atoms with Gasteiger partial charge in [0.15, 0.2) is 0 Å². The highest BCUT2D eigenvalue weighted by Crippen LogP contribution is 2.21. The number of nitrogens with two attached hydrogens (primary N) is 1. The second-order valence-corrected chi connectivity index (χ2v) is 6.89. The molecule has 7 nitrogen and oxygen atoms in total. The molecule has 2 aliphatic rings. The molecule has 25 heavy (non-hydrogen) atoms. The van der Waals surface area contributed by atoms with Crippen LogP contribution in [0.15, 0.2) is 10.9 Å². The third-order valence-corrected chi connectivity index (χ3v) is 5.09. The molecular weight excluding hydrogens is 320 g/mol. The van der Waals surface area contributed by atoms with Crippen LogP contribution in [0.4, 0.5) is 0 Å². The minimum Gasteiger partial charge on any atom is -0.355 e. The third-order valence-electron chi connectivity index (χ3n) is 5.09. The van der Waals surface area contributed by atoms with E-state index in [1.165, 1.54) is 0 Å². The summed E-state index contributed by atoms with van der Waals surface area (Å²) in [5.41, 5.74) is 7.33. The predicted octanol–water partition coefficient (Wildman–Crippen LogP) is 0.181. The number of hydrogen-bond donors (Lipinski definition) is 3. The standard InChI is InChI=1S/C18H26N4O3/c19-7-8-20-16(23)13-5-3-9-22(11-13)18(25)14-10-12-4-1-2-6-15(12)21-17(14)24/h10,13H,1-9,11,19H2,(H,20,23)(H,21,24). The fourth-order valence-electron chi connectivity index (χ4n) is 3.72. The Morgan fingerprint density at radius 1 is 1.28 bits per heavy atom. The van der Waals surface area contributed by atoms with E-state index in [2.05, 4.69) is 10.3 Å². The van der Waals surface area contributed by atoms with Crippen molar-refractivity contribution in [3.8, 4) is 0 Å². The lowest BCUT2D eigenvalue weighted by atomic mass is 9.94. The maximum Gasteiger partial charge on any atom is 0.261 e. The van der Waals surface area contributed by atoms with E-state index in [-0.39, 0.29) is 28.9 Å². The summed E-state index contributed by atoms with van der Waals surface area (Å²) in [6.07, 6.45) is 5.43. The van der Waals surface area contributed by atoms with Crippen LogP contribution in [-0.4, -0.2) is 47.9 Å². The van der Waals surface area contributed by atoms with Gasteiger partial charge in [-0.15, -0.1) is 0 Å². The van der Waals surface area contributed by atoms with Gasteiger partial charge in [0, 0.05) is 31.9 Å². The van der Waals surface area contributed by atoms with Crippen LogP contribution >= 0.6 is 0 Å². The van der Waals surface area contributed by atoms with Crippen molar-refractivity contribution in [2.75, 3.05) is 26.2 Å². The monoisotopic (exact) mass is 346 g/mol. The lowest BCUT2D eigenvalue weighted by molar-refractivity contribution is -0.126. The van der Waals surface area contributed by atoms with E-state index in [4.69, 9.17) is 5.73 Å². The van der Waals surface area contributed by atoms with Gasteiger partial charge in [-0.25, -0.2) is 0 Å². The highest BCUT2D eigenvalue weighted by Gasteiger charge is 2.30. The van der Waals surface area contributed by atoms with Crippen molar-refractivity contribution in [1.29, 1.82) is 0 Å². The van der Waals surface area contributed by atoms with Gasteiger partial charge in [0.25, 0.3) is 11.5 Å². The summed E-state index contributed by atoms with van der Waals surface area (Å²) < 4.78 is 0. The lowest BCUT2D eigenvalue weighted by Crippen LogP contribution is -2.47. The number of H-pyrrole nitrogens is 1. The number of aryl methyl sites for hydroxylation is 2. The summed E-state index contributed by atoms with van der Waals surface area (Å²) in [4.78, 5) is 41.8. The Kier molecular flexibility index (Phi) is 5.53. The summed E-state index contributed by atoms with van der Waals surface area (Å²) in [7, 11) is 0. The molecule has 1 saturated heterocycles. The molecule has 1 aromatic rings. The second kappa shape index (κ2) is 7.82. The van der Waals surface area contributed by atoms with Crippen molar-refractivity contribution >= 4 is 11.8 Å². The van der Waals surface area contributed by atoms with Crippen LogP contribution in [0.2, 0.25) is 0 Å². The summed E-state index contributed by atoms with van der Waals surface area (Å²) in [6.45, 7) is 1.77. The molecule has 1 unspecified atom stereocenters. The Labute approximate surface area is 147 Å². The van der Waals surface area contributed by atoms with Gasteiger partial charge in [0.05, 0.1) is 5.92 Å². The van der Waals surface area contributed by atoms with Crippen LogP contribution in [0.1, 0.15) is 47.3 Å². The van der Waals surface area contributed by atoms with Crippen LogP contribution in [0, 0.1) is 5.92 Å². The number of fused-ring (bicyclic) bond motifs is 1. The first-order chi connectivity index (χ1) is 12.1. The van der Waals surface area contributed by atoms with Crippen LogP contribution < -0.4 is 16.6 Å². The molecule has 0 radical (unpaired) electrons. The average molecular weight is 346 g/mol. The van der Waals surface area contributed by atoms with Crippen LogP contribution in [0.5, 0.6) is 0 Å². The Hall–Kier alpha value is -2.15. The quantitative estimate of drug-likeness (QED) is 0.723. The number of piperidine rings is 1. The van der Waals surface area contributed by atoms with E-state index < -0.39 is 0 Å². The minimum absolute atomic E-state index is 0.0673. The molecule has 0 aromatic carbocycles. The van der Waals surface area contributed by atoms with E-state index in [1.807, 2.05) is 0 Å². The van der Waals surface area contributed by atoms with Crippen molar-refractivity contribution < 1.29 is 9.59 Å². The Morgan fingerprint density at radius 2 is 2.08 bits per heavy atom. The Morgan fingerprint density at radius 3 is 2.88 bits per heavy atom. The molecule has 1 fully saturated rings. The Balaban J connectivity index is 1.74. The molecule has 1 atom stereocenters. The topological polar surface area (TPSA) is 108 Å². The molecule has 1 aliphatic heterocycles. The number of nitrogens with zero attached hydrogens (tertiary/aromatic N) is 1. The number of nitrogens with one attached hydrogen (secondary N) is 2. The fraction of sp³-hybridized carbons (Fsp3) is 0.611. The molecule has 1 aliphatic carbocycles. The maximum absolute atomic E-state index is 12.8. The van der Waals surface area contributed by atoms with Gasteiger partial charge < -0.3 is 20.9 Å². The second-order valence-electron chi connectivity index (χ2n) is 6.89. The van der Waals surface area contributed by atoms with E-state index in [9.17, 15) is 14.4 Å². The normalized spacial score (nSPS) is 20.0.